The maximum Gasteiger partial charge on any atom is 0.271 e. The molecule has 5 nitrogen and oxygen atoms in total. The Labute approximate surface area is 134 Å². The summed E-state index contributed by atoms with van der Waals surface area (Å²) in [7, 11) is 0. The lowest BCUT2D eigenvalue weighted by atomic mass is 10.0. The molecule has 1 atom stereocenters. The van der Waals surface area contributed by atoms with E-state index in [0.717, 1.165) is 5.56 Å². The lowest BCUT2D eigenvalue weighted by molar-refractivity contribution is 0.0953. The van der Waals surface area contributed by atoms with Crippen LogP contribution >= 0.6 is 0 Å². The van der Waals surface area contributed by atoms with Gasteiger partial charge in [-0.3, -0.25) is 4.79 Å². The van der Waals surface area contributed by atoms with Crippen LogP contribution in [0.25, 0.3) is 0 Å². The third kappa shape index (κ3) is 3.69. The first-order valence-electron chi connectivity index (χ1n) is 7.52. The van der Waals surface area contributed by atoms with E-state index < -0.39 is 0 Å². The van der Waals surface area contributed by atoms with Crippen molar-refractivity contribution in [3.63, 3.8) is 0 Å². The molecule has 0 aromatic heterocycles. The van der Waals surface area contributed by atoms with Gasteiger partial charge in [0.15, 0.2) is 11.5 Å². The second-order valence-electron chi connectivity index (χ2n) is 5.28. The summed E-state index contributed by atoms with van der Waals surface area (Å²) in [5.41, 5.74) is 4.17. The van der Waals surface area contributed by atoms with E-state index in [-0.39, 0.29) is 11.8 Å². The third-order valence-corrected chi connectivity index (χ3v) is 3.59. The van der Waals surface area contributed by atoms with Crippen molar-refractivity contribution in [1.82, 2.24) is 5.43 Å². The van der Waals surface area contributed by atoms with Crippen molar-refractivity contribution in [2.45, 2.75) is 12.8 Å². The lowest BCUT2D eigenvalue weighted by Crippen LogP contribution is -2.20. The van der Waals surface area contributed by atoms with Gasteiger partial charge in [-0.05, 0) is 23.8 Å². The van der Waals surface area contributed by atoms with Crippen molar-refractivity contribution in [3.8, 4) is 11.5 Å². The van der Waals surface area contributed by atoms with Gasteiger partial charge in [0, 0.05) is 17.7 Å². The van der Waals surface area contributed by atoms with Crippen LogP contribution in [0.5, 0.6) is 11.5 Å². The number of nitrogens with zero attached hydrogens (tertiary/aromatic N) is 1. The molecular formula is C18H18N2O3. The van der Waals surface area contributed by atoms with Crippen LogP contribution in [-0.2, 0) is 0 Å². The van der Waals surface area contributed by atoms with Crippen LogP contribution in [0.3, 0.4) is 0 Å². The first-order valence-corrected chi connectivity index (χ1v) is 7.52. The number of fused-ring (bicyclic) bond motifs is 1. The van der Waals surface area contributed by atoms with Crippen LogP contribution < -0.4 is 14.9 Å². The largest absolute Gasteiger partial charge is 0.486 e. The highest BCUT2D eigenvalue weighted by molar-refractivity contribution is 5.95. The number of hydrogen-bond acceptors (Lipinski definition) is 4. The summed E-state index contributed by atoms with van der Waals surface area (Å²) in [4.78, 5) is 12.1. The topological polar surface area (TPSA) is 59.9 Å². The van der Waals surface area contributed by atoms with E-state index in [0.29, 0.717) is 30.3 Å². The Morgan fingerprint density at radius 3 is 2.65 bits per heavy atom. The number of carbonyl (C=O) groups excluding carboxylic acids is 1. The molecule has 0 saturated heterocycles. The molecule has 0 radical (unpaired) electrons. The maximum atomic E-state index is 12.1. The molecule has 23 heavy (non-hydrogen) atoms. The standard InChI is InChI=1S/C18H18N2O3/c1-13(14-5-3-2-4-6-14)12-19-20-18(21)15-7-8-16-17(11-15)23-10-9-22-16/h2-8,11-13H,9-10H2,1H3,(H,20,21). The van der Waals surface area contributed by atoms with Crippen molar-refractivity contribution in [2.24, 2.45) is 5.10 Å². The van der Waals surface area contributed by atoms with Crippen LogP contribution in [0.4, 0.5) is 0 Å². The molecule has 1 aliphatic rings. The molecule has 2 aromatic carbocycles. The molecule has 1 N–H and O–H groups in total. The van der Waals surface area contributed by atoms with E-state index in [2.05, 4.69) is 10.5 Å². The number of nitrogens with one attached hydrogen (secondary N) is 1. The lowest BCUT2D eigenvalue weighted by Gasteiger charge is -2.18. The van der Waals surface area contributed by atoms with Crippen molar-refractivity contribution in [2.75, 3.05) is 13.2 Å². The summed E-state index contributed by atoms with van der Waals surface area (Å²) < 4.78 is 10.9. The van der Waals surface area contributed by atoms with Gasteiger partial charge in [-0.15, -0.1) is 0 Å². The van der Waals surface area contributed by atoms with Gasteiger partial charge in [0.05, 0.1) is 0 Å². The van der Waals surface area contributed by atoms with Gasteiger partial charge in [0.2, 0.25) is 0 Å². The zero-order chi connectivity index (χ0) is 16.1. The van der Waals surface area contributed by atoms with Crippen LogP contribution in [0.15, 0.2) is 53.6 Å². The smallest absolute Gasteiger partial charge is 0.271 e. The Kier molecular flexibility index (Phi) is 4.57. The van der Waals surface area contributed by atoms with Gasteiger partial charge < -0.3 is 9.47 Å². The van der Waals surface area contributed by atoms with Crippen LogP contribution in [0.1, 0.15) is 28.8 Å². The highest BCUT2D eigenvalue weighted by Crippen LogP contribution is 2.30. The molecule has 0 bridgehead atoms. The number of hydrogen-bond donors (Lipinski definition) is 1. The second-order valence-corrected chi connectivity index (χ2v) is 5.28. The fraction of sp³-hybridized carbons (Fsp3) is 0.222. The summed E-state index contributed by atoms with van der Waals surface area (Å²) in [6.45, 7) is 3.04. The minimum atomic E-state index is -0.279. The van der Waals surface area contributed by atoms with Gasteiger partial charge >= 0.3 is 0 Å². The first-order chi connectivity index (χ1) is 11.2. The fourth-order valence-electron chi connectivity index (χ4n) is 2.30. The van der Waals surface area contributed by atoms with Crippen LogP contribution in [-0.4, -0.2) is 25.3 Å². The van der Waals surface area contributed by atoms with E-state index in [1.165, 1.54) is 0 Å². The number of amides is 1. The molecular weight excluding hydrogens is 292 g/mol. The summed E-state index contributed by atoms with van der Waals surface area (Å²) in [6, 6.07) is 15.1. The molecule has 2 aromatic rings. The van der Waals surface area contributed by atoms with E-state index in [1.54, 1.807) is 24.4 Å². The first kappa shape index (κ1) is 15.1. The summed E-state index contributed by atoms with van der Waals surface area (Å²) in [6.07, 6.45) is 1.71. The highest BCUT2D eigenvalue weighted by atomic mass is 16.6. The minimum absolute atomic E-state index is 0.122. The van der Waals surface area contributed by atoms with E-state index in [4.69, 9.17) is 9.47 Å². The van der Waals surface area contributed by atoms with Gasteiger partial charge in [0.25, 0.3) is 5.91 Å². The molecule has 5 heteroatoms. The number of carbonyl (C=O) groups is 1. The normalized spacial score (nSPS) is 14.5. The Hall–Kier alpha value is -2.82. The summed E-state index contributed by atoms with van der Waals surface area (Å²) in [5, 5.41) is 4.04. The molecule has 0 aliphatic carbocycles. The highest BCUT2D eigenvalue weighted by Gasteiger charge is 2.14. The zero-order valence-corrected chi connectivity index (χ0v) is 12.9. The van der Waals surface area contributed by atoms with Gasteiger partial charge in [0.1, 0.15) is 13.2 Å². The third-order valence-electron chi connectivity index (χ3n) is 3.59. The Bertz CT molecular complexity index is 713. The van der Waals surface area contributed by atoms with Gasteiger partial charge in [-0.2, -0.15) is 5.10 Å². The number of hydrazone groups is 1. The van der Waals surface area contributed by atoms with Gasteiger partial charge in [-0.25, -0.2) is 5.43 Å². The van der Waals surface area contributed by atoms with Crippen molar-refractivity contribution in [3.05, 3.63) is 59.7 Å². The number of ether oxygens (including phenoxy) is 2. The molecule has 118 valence electrons. The van der Waals surface area contributed by atoms with Crippen molar-refractivity contribution >= 4 is 12.1 Å². The molecule has 3 rings (SSSR count). The average molecular weight is 310 g/mol. The van der Waals surface area contributed by atoms with E-state index in [9.17, 15) is 4.79 Å². The van der Waals surface area contributed by atoms with Crippen molar-refractivity contribution < 1.29 is 14.3 Å². The molecule has 1 amide bonds. The Morgan fingerprint density at radius 2 is 1.87 bits per heavy atom. The average Bonchev–Trinajstić information content (AvgIpc) is 2.61. The molecule has 0 spiro atoms. The number of benzene rings is 2. The van der Waals surface area contributed by atoms with Gasteiger partial charge in [-0.1, -0.05) is 37.3 Å². The Morgan fingerprint density at radius 1 is 1.13 bits per heavy atom. The molecule has 1 heterocycles. The SMILES string of the molecule is CC(C=NNC(=O)c1ccc2c(c1)OCCO2)c1ccccc1. The molecule has 1 unspecified atom stereocenters. The van der Waals surface area contributed by atoms with Crippen LogP contribution in [0.2, 0.25) is 0 Å². The minimum Gasteiger partial charge on any atom is -0.486 e. The van der Waals surface area contributed by atoms with Crippen molar-refractivity contribution in [1.29, 1.82) is 0 Å². The Balaban J connectivity index is 1.62. The maximum absolute atomic E-state index is 12.1. The zero-order valence-electron chi connectivity index (χ0n) is 12.9. The molecule has 0 saturated carbocycles. The molecule has 0 fully saturated rings. The second kappa shape index (κ2) is 6.96. The fourth-order valence-corrected chi connectivity index (χ4v) is 2.30. The number of rotatable bonds is 4. The predicted molar refractivity (Wildman–Crippen MR) is 88.2 cm³/mol. The quantitative estimate of drug-likeness (QED) is 0.697. The van der Waals surface area contributed by atoms with E-state index in [1.807, 2.05) is 37.3 Å². The summed E-state index contributed by atoms with van der Waals surface area (Å²) in [5.74, 6) is 1.09. The summed E-state index contributed by atoms with van der Waals surface area (Å²) >= 11 is 0. The van der Waals surface area contributed by atoms with E-state index >= 15 is 0 Å². The molecule has 1 aliphatic heterocycles. The monoisotopic (exact) mass is 310 g/mol. The van der Waals surface area contributed by atoms with Crippen LogP contribution in [0, 0.1) is 0 Å². The predicted octanol–water partition coefficient (Wildman–Crippen LogP) is 2.98.